The van der Waals surface area contributed by atoms with Crippen molar-refractivity contribution in [3.05, 3.63) is 164 Å². The Morgan fingerprint density at radius 2 is 0.930 bits per heavy atom. The van der Waals surface area contributed by atoms with Crippen molar-refractivity contribution in [3.63, 3.8) is 0 Å². The number of aliphatic hydroxyl groups excluding tert-OH is 7. The van der Waals surface area contributed by atoms with Gasteiger partial charge < -0.3 is 104 Å². The van der Waals surface area contributed by atoms with E-state index in [1.807, 2.05) is 66.7 Å². The second kappa shape index (κ2) is 49.5. The van der Waals surface area contributed by atoms with Crippen molar-refractivity contribution in [1.29, 1.82) is 0 Å². The average molecular weight is 1830 g/mol. The number of carbonyl (C=O) groups excluding carboxylic acids is 1. The van der Waals surface area contributed by atoms with Crippen molar-refractivity contribution in [2.45, 2.75) is 184 Å². The van der Waals surface area contributed by atoms with E-state index in [-0.39, 0.29) is 97.8 Å². The van der Waals surface area contributed by atoms with Crippen LogP contribution in [0.3, 0.4) is 0 Å². The van der Waals surface area contributed by atoms with E-state index in [1.54, 1.807) is 44.6 Å². The fourth-order valence-electron chi connectivity index (χ4n) is 15.1. The Balaban J connectivity index is 0.939. The number of benzene rings is 7. The normalized spacial score (nSPS) is 15.0. The highest BCUT2D eigenvalue weighted by Gasteiger charge is 2.30. The van der Waals surface area contributed by atoms with E-state index in [0.717, 1.165) is 49.0 Å². The fourth-order valence-corrected chi connectivity index (χ4v) is 15.7. The minimum absolute atomic E-state index is 0.0385. The fraction of sp³-hybridized carbons (Fsp3) is 0.409. The summed E-state index contributed by atoms with van der Waals surface area (Å²) in [6, 6.07) is 26.9. The molecule has 0 fully saturated rings. The number of carboxylic acids is 1. The number of ether oxygens (including phenoxy) is 2. The number of hydrogen-bond donors (Lipinski definition) is 18. The van der Waals surface area contributed by atoms with Crippen LogP contribution in [0.5, 0.6) is 17.2 Å². The van der Waals surface area contributed by atoms with Crippen LogP contribution >= 0.6 is 35.8 Å². The molecule has 24 N–H and O–H groups in total. The highest BCUT2D eigenvalue weighted by Crippen LogP contribution is 2.43. The smallest absolute Gasteiger partial charge is 0.336 e. The van der Waals surface area contributed by atoms with Crippen LogP contribution in [-0.4, -0.2) is 217 Å². The Bertz CT molecular complexity index is 5990. The number of H-pyrrole nitrogens is 2. The van der Waals surface area contributed by atoms with Crippen LogP contribution in [0.15, 0.2) is 187 Å². The molecule has 129 heavy (non-hydrogen) atoms. The van der Waals surface area contributed by atoms with Crippen molar-refractivity contribution in [2.75, 3.05) is 65.3 Å². The number of anilines is 1. The number of unbranched alkanes of at least 4 members (excludes halogenated alkanes) is 7. The maximum absolute atomic E-state index is 13.9. The minimum atomic E-state index is -1.39. The molecule has 36 heteroatoms. The third-order valence-electron chi connectivity index (χ3n) is 21.9. The topological polar surface area (TPSA) is 565 Å². The predicted octanol–water partition coefficient (Wildman–Crippen LogP) is 13.8. The molecule has 3 heterocycles. The summed E-state index contributed by atoms with van der Waals surface area (Å²) in [5.74, 6) is -4.80. The molecule has 2 aliphatic rings. The molecule has 688 valence electrons. The summed E-state index contributed by atoms with van der Waals surface area (Å²) in [6.07, 6.45) is 6.95. The van der Waals surface area contributed by atoms with Gasteiger partial charge in [0.05, 0.1) is 49.6 Å². The number of fused-ring (bicyclic) bond motifs is 6. The molecule has 0 bridgehead atoms. The van der Waals surface area contributed by atoms with Crippen LogP contribution in [0, 0.1) is 0 Å². The van der Waals surface area contributed by atoms with Gasteiger partial charge in [-0.3, -0.25) is 24.6 Å². The number of nitrogens with two attached hydrogens (primary N) is 3. The highest BCUT2D eigenvalue weighted by atomic mass is 35.5. The number of carbonyl (C=O) groups is 2. The first-order valence-electron chi connectivity index (χ1n) is 43.5. The number of nitrogens with one attached hydrogen (secondary N) is 3. The van der Waals surface area contributed by atoms with E-state index in [1.165, 1.54) is 37.3 Å². The number of aromatic hydroxyl groups is 1. The van der Waals surface area contributed by atoms with Gasteiger partial charge in [0.2, 0.25) is 29.5 Å². The first-order chi connectivity index (χ1) is 62.2. The van der Waals surface area contributed by atoms with E-state index in [4.69, 9.17) is 69.3 Å². The van der Waals surface area contributed by atoms with Gasteiger partial charge in [0.25, 0.3) is 5.91 Å². The Morgan fingerprint density at radius 1 is 0.488 bits per heavy atom. The third-order valence-corrected chi connectivity index (χ3v) is 22.6. The molecule has 1 aliphatic carbocycles. The Labute approximate surface area is 761 Å². The lowest BCUT2D eigenvalue weighted by molar-refractivity contribution is -0.368. The molecule has 1 amide bonds. The Hall–Kier alpha value is -12.0. The van der Waals surface area contributed by atoms with Gasteiger partial charge in [-0.05, 0) is 263 Å². The number of phenolic OH excluding ortho intramolecular Hbond substituents is 1. The molecule has 0 radical (unpaired) electrons. The summed E-state index contributed by atoms with van der Waals surface area (Å²) in [5, 5.41) is 114. The molecule has 0 unspecified atom stereocenters. The van der Waals surface area contributed by atoms with Crippen LogP contribution in [0.1, 0.15) is 152 Å². The van der Waals surface area contributed by atoms with Gasteiger partial charge >= 0.3 is 5.97 Å². The van der Waals surface area contributed by atoms with Gasteiger partial charge in [0, 0.05) is 115 Å². The van der Waals surface area contributed by atoms with Gasteiger partial charge in [-0.25, -0.2) is 34.7 Å². The number of methoxy groups -OCH3 is 2. The zero-order valence-electron chi connectivity index (χ0n) is 72.8. The number of amidine groups is 1. The van der Waals surface area contributed by atoms with E-state index < -0.39 is 95.5 Å². The second-order valence-corrected chi connectivity index (χ2v) is 32.8. The summed E-state index contributed by atoms with van der Waals surface area (Å²) in [5.41, 5.74) is 31.2. The van der Waals surface area contributed by atoms with E-state index in [9.17, 15) is 60.3 Å². The van der Waals surface area contributed by atoms with Crippen molar-refractivity contribution < 1.29 is 80.9 Å². The summed E-state index contributed by atoms with van der Waals surface area (Å²) < 4.78 is 17.1. The number of rotatable bonds is 49. The number of hydrogen-bond acceptors (Lipinski definition) is 19. The standard InChI is InChI=1S/C93H116Cl2N18O15S/c1-53(114)104-86(118)72(23-9-16-44-102-84-63-33-26-55(95)47-79(63)107-71-38-31-60(127-3)52-68(71)84)109-88(120)74(20-5-12-40-97)111-89(121)76(22-7-14-42-99)112-91(123)77(24-10-17-45-103-93(129)105-56-27-34-61(66(48-56)92(124)125)82-64-35-28-57(115)49-80(64)128-81-50-58(116)29-36-65(81)82)113-90(122)75(21-6-13-41-98)110-87(119)73(19-4-11-39-96)108-85(117)69(100)18-8-15-43-101-83-62-32-25-54(94)46-78(62)106-70-37-30-59(126-2)51-67(70)83/h25-38,46-52,69,72-77,115H,4-24,39-45,96-100H2,1-3H3,(H,101,106)(H,102,107)(H,108,117)(H,109,120)(H,110,119)(H,111,121)(H,112,123)(H,113,122)(H,124,125)(H2,103,105,129)(H,104,114,118)/p+2/t69-,72-,73-,74-,75-,76-,77-/m0/s1. The van der Waals surface area contributed by atoms with Crippen LogP contribution in [0.2, 0.25) is 10.0 Å². The van der Waals surface area contributed by atoms with Crippen molar-refractivity contribution in [2.24, 2.45) is 67.1 Å². The number of aromatic carboxylic acids is 1. The summed E-state index contributed by atoms with van der Waals surface area (Å²) in [6.45, 7) is 3.64. The maximum Gasteiger partial charge on any atom is 0.336 e. The number of pyridine rings is 2. The van der Waals surface area contributed by atoms with Gasteiger partial charge in [0.1, 0.15) is 64.8 Å². The van der Waals surface area contributed by atoms with Gasteiger partial charge in [-0.2, -0.15) is 4.99 Å². The first-order valence-corrected chi connectivity index (χ1v) is 44.7. The third kappa shape index (κ3) is 28.2. The lowest BCUT2D eigenvalue weighted by Gasteiger charge is -2.20. The average Bonchev–Trinajstić information content (AvgIpc) is 0.739. The monoisotopic (exact) mass is 1830 g/mol. The maximum atomic E-state index is 13.9. The molecule has 10 rings (SSSR count). The molecule has 8 aromatic rings. The predicted molar refractivity (Wildman–Crippen MR) is 516 cm³/mol. The number of thiol groups is 1. The molecule has 0 saturated carbocycles. The molecule has 6 aromatic carbocycles. The van der Waals surface area contributed by atoms with Crippen molar-refractivity contribution in [1.82, 2.24) is 9.97 Å². The molecule has 7 atom stereocenters. The van der Waals surface area contributed by atoms with E-state index >= 15 is 0 Å². The molecule has 33 nitrogen and oxygen atoms in total. The number of nitrogens with zero attached hydrogens (tertiary/aromatic N) is 10. The molecular formula is C93H118Cl2N18O15S+2. The molecule has 0 saturated heterocycles. The number of aliphatic imine (C=N–C) groups is 8. The number of aromatic amines is 2. The van der Waals surface area contributed by atoms with E-state index in [0.29, 0.717) is 171 Å². The molecular weight excluding hydrogens is 1710 g/mol. The van der Waals surface area contributed by atoms with Gasteiger partial charge in [-0.1, -0.05) is 29.3 Å². The number of carboxylic acid groups (broad SMARTS) is 1. The quantitative estimate of drug-likeness (QED) is 0.00553. The number of quaternary nitrogens is 2. The summed E-state index contributed by atoms with van der Waals surface area (Å²) in [4.78, 5) is 92.6. The second-order valence-electron chi connectivity index (χ2n) is 31.5. The summed E-state index contributed by atoms with van der Waals surface area (Å²) >= 11 is 17.5. The largest absolute Gasteiger partial charge is 0.508 e. The number of phenols is 1. The number of halogens is 2. The lowest BCUT2D eigenvalue weighted by Crippen LogP contribution is -2.50. The van der Waals surface area contributed by atoms with Crippen molar-refractivity contribution >= 4 is 154 Å². The van der Waals surface area contributed by atoms with Crippen molar-refractivity contribution in [3.8, 4) is 39.7 Å². The van der Waals surface area contributed by atoms with E-state index in [2.05, 4.69) is 74.3 Å². The number of aliphatic hydroxyl groups is 7. The highest BCUT2D eigenvalue weighted by molar-refractivity contribution is 7.97. The minimum Gasteiger partial charge on any atom is -0.508 e. The Morgan fingerprint density at radius 3 is 1.40 bits per heavy atom. The number of amides is 1. The van der Waals surface area contributed by atoms with Gasteiger partial charge in [-0.15, -0.1) is 12.6 Å². The lowest BCUT2D eigenvalue weighted by atomic mass is 9.90. The molecule has 2 aromatic heterocycles. The zero-order chi connectivity index (χ0) is 92.6. The van der Waals surface area contributed by atoms with Crippen LogP contribution in [0.25, 0.3) is 77.0 Å². The molecule has 1 aliphatic heterocycles. The van der Waals surface area contributed by atoms with Crippen LogP contribution in [0.4, 0.5) is 5.69 Å². The zero-order valence-corrected chi connectivity index (χ0v) is 75.2. The first kappa shape index (κ1) is 99.1. The Kier molecular flexibility index (Phi) is 38.1. The summed E-state index contributed by atoms with van der Waals surface area (Å²) in [7, 11) is 3.18. The van der Waals surface area contributed by atoms with Crippen LogP contribution < -0.4 is 59.6 Å². The van der Waals surface area contributed by atoms with Crippen LogP contribution in [-0.2, 0) is 4.79 Å². The number of aromatic nitrogens is 2. The molecule has 0 spiro atoms. The SMILES string of the molecule is COc1ccc2[nH]c3cc(Cl)ccc3c(=NCCCC[C@H](N=C(O)[C@H](CCCC[NH3+])N=C(O)[C@H](CCCCN)N=C(O)[C@H](CCCCN=C(S)Nc3ccc(-c4c5ccc(=O)cc-5oc5cc(O)ccc45)c(C(=O)O)c3)N=C(O)[C@H](CCCCN)N=C(O)[C@H](CCCC[NH3+])N=C(O)[C@@H](N)CCCCN=c3c4ccc(Cl)cc4[nH]c4ccc(OC)cc34)C(=O)N=C(C)O)c2c1. The van der Waals surface area contributed by atoms with Gasteiger partial charge in [0.15, 0.2) is 22.4 Å².